The first kappa shape index (κ1) is 19.6. The molecule has 0 saturated carbocycles. The zero-order chi connectivity index (χ0) is 19.8. The Morgan fingerprint density at radius 2 is 1.15 bits per heavy atom. The molecule has 2 N–H and O–H groups in total. The summed E-state index contributed by atoms with van der Waals surface area (Å²) in [6, 6.07) is 12.3. The standard InChI is InChI=1S/C19H18N2O6/c1-26-18(24)12-5-3-7-14(9-12)20-16(22)11-17(23)21-15-8-4-6-13(10-15)19(25)27-2/h3-10H,11H2,1-2H3,(H,20,22)(H,21,23). The van der Waals surface area contributed by atoms with E-state index in [4.69, 9.17) is 0 Å². The minimum absolute atomic E-state index is 0.277. The predicted molar refractivity (Wildman–Crippen MR) is 97.4 cm³/mol. The minimum atomic E-state index is -0.557. The normalized spacial score (nSPS) is 9.85. The first-order valence-electron chi connectivity index (χ1n) is 7.89. The van der Waals surface area contributed by atoms with Gasteiger partial charge in [-0.2, -0.15) is 0 Å². The van der Waals surface area contributed by atoms with Gasteiger partial charge in [0.05, 0.1) is 25.3 Å². The van der Waals surface area contributed by atoms with Gasteiger partial charge in [0.25, 0.3) is 0 Å². The van der Waals surface area contributed by atoms with Crippen molar-refractivity contribution in [1.82, 2.24) is 0 Å². The first-order valence-corrected chi connectivity index (χ1v) is 7.89. The Morgan fingerprint density at radius 3 is 1.52 bits per heavy atom. The Bertz CT molecular complexity index is 807. The summed E-state index contributed by atoms with van der Waals surface area (Å²) in [6.45, 7) is 0. The smallest absolute Gasteiger partial charge is 0.337 e. The zero-order valence-corrected chi connectivity index (χ0v) is 14.8. The SMILES string of the molecule is COC(=O)c1cccc(NC(=O)CC(=O)Nc2cccc(C(=O)OC)c2)c1. The summed E-state index contributed by atoms with van der Waals surface area (Å²) in [4.78, 5) is 47.0. The maximum Gasteiger partial charge on any atom is 0.337 e. The third-order valence-corrected chi connectivity index (χ3v) is 3.46. The van der Waals surface area contributed by atoms with Gasteiger partial charge >= 0.3 is 11.9 Å². The Balaban J connectivity index is 1.95. The van der Waals surface area contributed by atoms with E-state index in [1.807, 2.05) is 0 Å². The lowest BCUT2D eigenvalue weighted by molar-refractivity contribution is -0.123. The van der Waals surface area contributed by atoms with E-state index in [2.05, 4.69) is 20.1 Å². The fourth-order valence-corrected chi connectivity index (χ4v) is 2.24. The molecule has 2 amide bonds. The highest BCUT2D eigenvalue weighted by Crippen LogP contribution is 2.14. The van der Waals surface area contributed by atoms with Crippen molar-refractivity contribution in [2.45, 2.75) is 6.42 Å². The zero-order valence-electron chi connectivity index (χ0n) is 14.8. The monoisotopic (exact) mass is 370 g/mol. The van der Waals surface area contributed by atoms with E-state index in [0.717, 1.165) is 0 Å². The van der Waals surface area contributed by atoms with Crippen LogP contribution in [0.4, 0.5) is 11.4 Å². The average molecular weight is 370 g/mol. The molecule has 0 saturated heterocycles. The van der Waals surface area contributed by atoms with Crippen molar-refractivity contribution < 1.29 is 28.7 Å². The molecule has 0 fully saturated rings. The van der Waals surface area contributed by atoms with Crippen LogP contribution in [0.2, 0.25) is 0 Å². The van der Waals surface area contributed by atoms with Gasteiger partial charge in [-0.15, -0.1) is 0 Å². The van der Waals surface area contributed by atoms with Crippen LogP contribution in [0.5, 0.6) is 0 Å². The molecule has 0 radical (unpaired) electrons. The van der Waals surface area contributed by atoms with E-state index >= 15 is 0 Å². The molecule has 0 aliphatic heterocycles. The number of carbonyl (C=O) groups excluding carboxylic acids is 4. The number of methoxy groups -OCH3 is 2. The van der Waals surface area contributed by atoms with Gasteiger partial charge in [0.1, 0.15) is 6.42 Å². The summed E-state index contributed by atoms with van der Waals surface area (Å²) in [6.07, 6.45) is -0.440. The molecule has 0 bridgehead atoms. The molecule has 2 aromatic carbocycles. The molecule has 0 aromatic heterocycles. The molecule has 140 valence electrons. The lowest BCUT2D eigenvalue weighted by atomic mass is 10.2. The number of carbonyl (C=O) groups is 4. The van der Waals surface area contributed by atoms with Crippen LogP contribution in [-0.4, -0.2) is 38.0 Å². The van der Waals surface area contributed by atoms with E-state index in [-0.39, 0.29) is 11.1 Å². The molecule has 8 heteroatoms. The number of ether oxygens (including phenoxy) is 2. The van der Waals surface area contributed by atoms with Crippen LogP contribution in [0.3, 0.4) is 0 Å². The van der Waals surface area contributed by atoms with Crippen LogP contribution in [-0.2, 0) is 19.1 Å². The van der Waals surface area contributed by atoms with Crippen molar-refractivity contribution in [3.63, 3.8) is 0 Å². The molecule has 0 unspecified atom stereocenters. The maximum atomic E-state index is 12.0. The fourth-order valence-electron chi connectivity index (χ4n) is 2.24. The van der Waals surface area contributed by atoms with Gasteiger partial charge < -0.3 is 20.1 Å². The topological polar surface area (TPSA) is 111 Å². The fraction of sp³-hybridized carbons (Fsp3) is 0.158. The number of hydrogen-bond donors (Lipinski definition) is 2. The van der Waals surface area contributed by atoms with Crippen molar-refractivity contribution >= 4 is 35.1 Å². The molecule has 0 heterocycles. The van der Waals surface area contributed by atoms with Crippen molar-refractivity contribution in [1.29, 1.82) is 0 Å². The molecule has 0 aliphatic carbocycles. The largest absolute Gasteiger partial charge is 0.465 e. The van der Waals surface area contributed by atoms with Crippen LogP contribution >= 0.6 is 0 Å². The molecule has 0 atom stereocenters. The van der Waals surface area contributed by atoms with Gasteiger partial charge in [-0.1, -0.05) is 12.1 Å². The average Bonchev–Trinajstić information content (AvgIpc) is 2.66. The van der Waals surface area contributed by atoms with E-state index in [9.17, 15) is 19.2 Å². The Hall–Kier alpha value is -3.68. The van der Waals surface area contributed by atoms with E-state index in [0.29, 0.717) is 11.4 Å². The number of rotatable bonds is 6. The van der Waals surface area contributed by atoms with E-state index < -0.39 is 30.2 Å². The lowest BCUT2D eigenvalue weighted by Crippen LogP contribution is -2.21. The molecule has 2 aromatic rings. The van der Waals surface area contributed by atoms with Crippen molar-refractivity contribution in [2.24, 2.45) is 0 Å². The molecule has 8 nitrogen and oxygen atoms in total. The second-order valence-electron chi connectivity index (χ2n) is 5.42. The van der Waals surface area contributed by atoms with Crippen LogP contribution in [0.1, 0.15) is 27.1 Å². The lowest BCUT2D eigenvalue weighted by Gasteiger charge is -2.08. The summed E-state index contributed by atoms with van der Waals surface area (Å²) < 4.78 is 9.23. The molecular weight excluding hydrogens is 352 g/mol. The number of hydrogen-bond acceptors (Lipinski definition) is 6. The number of benzene rings is 2. The summed E-state index contributed by atoms with van der Waals surface area (Å²) in [5.74, 6) is -2.18. The summed E-state index contributed by atoms with van der Waals surface area (Å²) >= 11 is 0. The molecule has 27 heavy (non-hydrogen) atoms. The summed E-state index contributed by atoms with van der Waals surface area (Å²) in [5.41, 5.74) is 1.28. The van der Waals surface area contributed by atoms with Crippen molar-refractivity contribution in [3.05, 3.63) is 59.7 Å². The highest BCUT2D eigenvalue weighted by Gasteiger charge is 2.13. The highest BCUT2D eigenvalue weighted by molar-refractivity contribution is 6.08. The van der Waals surface area contributed by atoms with Gasteiger partial charge in [0.2, 0.25) is 11.8 Å². The van der Waals surface area contributed by atoms with Crippen LogP contribution in [0, 0.1) is 0 Å². The third kappa shape index (κ3) is 5.67. The first-order chi connectivity index (χ1) is 12.9. The Kier molecular flexibility index (Phi) is 6.65. The number of anilines is 2. The quantitative estimate of drug-likeness (QED) is 0.596. The Labute approximate surface area is 155 Å². The van der Waals surface area contributed by atoms with Crippen LogP contribution in [0.25, 0.3) is 0 Å². The van der Waals surface area contributed by atoms with Gasteiger partial charge in [-0.05, 0) is 36.4 Å². The minimum Gasteiger partial charge on any atom is -0.465 e. The summed E-state index contributed by atoms with van der Waals surface area (Å²) in [7, 11) is 2.51. The van der Waals surface area contributed by atoms with Gasteiger partial charge in [-0.3, -0.25) is 9.59 Å². The van der Waals surface area contributed by atoms with Crippen molar-refractivity contribution in [2.75, 3.05) is 24.9 Å². The second-order valence-corrected chi connectivity index (χ2v) is 5.42. The van der Waals surface area contributed by atoms with Crippen LogP contribution in [0.15, 0.2) is 48.5 Å². The van der Waals surface area contributed by atoms with Gasteiger partial charge in [0, 0.05) is 11.4 Å². The molecule has 0 aliphatic rings. The molecular formula is C19H18N2O6. The number of nitrogens with one attached hydrogen (secondary N) is 2. The number of amides is 2. The van der Waals surface area contributed by atoms with Gasteiger partial charge in [-0.25, -0.2) is 9.59 Å². The number of esters is 2. The summed E-state index contributed by atoms with van der Waals surface area (Å²) in [5, 5.41) is 5.07. The second kappa shape index (κ2) is 9.14. The highest BCUT2D eigenvalue weighted by atomic mass is 16.5. The van der Waals surface area contributed by atoms with E-state index in [1.165, 1.54) is 26.4 Å². The van der Waals surface area contributed by atoms with Crippen LogP contribution < -0.4 is 10.6 Å². The van der Waals surface area contributed by atoms with Crippen molar-refractivity contribution in [3.8, 4) is 0 Å². The predicted octanol–water partition coefficient (Wildman–Crippen LogP) is 2.23. The molecule has 2 rings (SSSR count). The Morgan fingerprint density at radius 1 is 0.741 bits per heavy atom. The maximum absolute atomic E-state index is 12.0. The third-order valence-electron chi connectivity index (χ3n) is 3.46. The van der Waals surface area contributed by atoms with E-state index in [1.54, 1.807) is 36.4 Å². The van der Waals surface area contributed by atoms with Gasteiger partial charge in [0.15, 0.2) is 0 Å². The molecule has 0 spiro atoms.